The van der Waals surface area contributed by atoms with Crippen molar-refractivity contribution in [1.29, 1.82) is 0 Å². The first kappa shape index (κ1) is 26.1. The van der Waals surface area contributed by atoms with Gasteiger partial charge in [0, 0.05) is 23.9 Å². The molecule has 2 aliphatic rings. The van der Waals surface area contributed by atoms with Crippen LogP contribution in [0.3, 0.4) is 0 Å². The monoisotopic (exact) mass is 532 g/mol. The van der Waals surface area contributed by atoms with Gasteiger partial charge >= 0.3 is 6.18 Å². The van der Waals surface area contributed by atoms with E-state index in [0.29, 0.717) is 29.6 Å². The van der Waals surface area contributed by atoms with E-state index in [1.54, 1.807) is 13.8 Å². The third-order valence-electron chi connectivity index (χ3n) is 6.62. The molecule has 2 fully saturated rings. The minimum atomic E-state index is -5.00. The number of alkyl halides is 3. The highest BCUT2D eigenvalue weighted by Crippen LogP contribution is 2.37. The second-order valence-corrected chi connectivity index (χ2v) is 9.42. The Morgan fingerprint density at radius 1 is 0.947 bits per heavy atom. The first-order valence-electron chi connectivity index (χ1n) is 12.3. The number of aromatic nitrogens is 6. The molecular weight excluding hydrogens is 507 g/mol. The fourth-order valence-electron chi connectivity index (χ4n) is 4.25. The minimum Gasteiger partial charge on any atom is -0.373 e. The fourth-order valence-corrected chi connectivity index (χ4v) is 4.25. The van der Waals surface area contributed by atoms with Gasteiger partial charge in [0.1, 0.15) is 17.5 Å². The summed E-state index contributed by atoms with van der Waals surface area (Å²) in [5.74, 6) is -3.63. The molecule has 7 nitrogen and oxygen atoms in total. The number of hydrogen-bond acceptors (Lipinski definition) is 6. The zero-order chi connectivity index (χ0) is 27.0. The lowest BCUT2D eigenvalue weighted by Crippen LogP contribution is -2.10. The van der Waals surface area contributed by atoms with Crippen molar-refractivity contribution in [2.75, 3.05) is 6.61 Å². The van der Waals surface area contributed by atoms with Gasteiger partial charge in [-0.3, -0.25) is 4.68 Å². The number of rotatable bonds is 3. The van der Waals surface area contributed by atoms with Crippen LogP contribution >= 0.6 is 0 Å². The van der Waals surface area contributed by atoms with Crippen molar-refractivity contribution in [1.82, 2.24) is 29.7 Å². The van der Waals surface area contributed by atoms with Gasteiger partial charge in [-0.1, -0.05) is 0 Å². The first-order valence-corrected chi connectivity index (χ1v) is 12.3. The molecule has 1 unspecified atom stereocenters. The van der Waals surface area contributed by atoms with E-state index >= 15 is 0 Å². The van der Waals surface area contributed by atoms with Crippen LogP contribution in [0.4, 0.5) is 22.0 Å². The van der Waals surface area contributed by atoms with Crippen LogP contribution in [-0.4, -0.2) is 36.3 Å². The van der Waals surface area contributed by atoms with Crippen LogP contribution in [0.15, 0.2) is 30.9 Å². The lowest BCUT2D eigenvalue weighted by molar-refractivity contribution is -0.140. The molecule has 38 heavy (non-hydrogen) atoms. The highest BCUT2D eigenvalue weighted by atomic mass is 19.4. The summed E-state index contributed by atoms with van der Waals surface area (Å²) in [6.45, 7) is 4.27. The summed E-state index contributed by atoms with van der Waals surface area (Å²) in [6.07, 6.45) is 6.81. The van der Waals surface area contributed by atoms with E-state index in [-0.39, 0.29) is 16.9 Å². The van der Waals surface area contributed by atoms with Gasteiger partial charge in [0.15, 0.2) is 17.3 Å². The minimum absolute atomic E-state index is 0.0821. The molecule has 0 amide bonds. The van der Waals surface area contributed by atoms with E-state index in [9.17, 15) is 22.0 Å². The zero-order valence-electron chi connectivity index (χ0n) is 20.8. The standard InChI is InChI=1S/C15H9F5N4.C11H16N2O/c1-6-7(2)24-14-13(23-6)12(21-5-22-14)8-3-4-9(15(18,19)20)11(17)10(8)16;1-2-6-14-11(3-1)9-7-12-13(8-9)10-4-5-10/h3-5H,1-2H3;7-8,10-11H,1-6H2. The number of halogens is 5. The first-order chi connectivity index (χ1) is 18.1. The molecule has 1 saturated heterocycles. The molecule has 200 valence electrons. The maximum atomic E-state index is 14.2. The van der Waals surface area contributed by atoms with Gasteiger partial charge < -0.3 is 4.74 Å². The molecule has 4 heterocycles. The quantitative estimate of drug-likeness (QED) is 0.282. The third kappa shape index (κ3) is 5.35. The van der Waals surface area contributed by atoms with Crippen molar-refractivity contribution >= 4 is 11.2 Å². The summed E-state index contributed by atoms with van der Waals surface area (Å²) < 4.78 is 73.8. The highest BCUT2D eigenvalue weighted by molar-refractivity contribution is 5.86. The molecule has 12 heteroatoms. The van der Waals surface area contributed by atoms with Crippen molar-refractivity contribution in [3.8, 4) is 11.3 Å². The number of benzene rings is 1. The largest absolute Gasteiger partial charge is 0.419 e. The molecule has 1 aliphatic heterocycles. The summed E-state index contributed by atoms with van der Waals surface area (Å²) in [5, 5.41) is 4.39. The lowest BCUT2D eigenvalue weighted by Gasteiger charge is -2.21. The molecule has 1 atom stereocenters. The molecule has 0 spiro atoms. The Labute approximate surface area is 215 Å². The van der Waals surface area contributed by atoms with Crippen LogP contribution in [0.25, 0.3) is 22.4 Å². The highest BCUT2D eigenvalue weighted by Gasteiger charge is 2.36. The van der Waals surface area contributed by atoms with Crippen molar-refractivity contribution in [2.24, 2.45) is 0 Å². The normalized spacial score (nSPS) is 17.8. The van der Waals surface area contributed by atoms with Crippen LogP contribution in [0.1, 0.15) is 66.8 Å². The Bertz CT molecular complexity index is 1460. The van der Waals surface area contributed by atoms with E-state index in [0.717, 1.165) is 25.4 Å². The summed E-state index contributed by atoms with van der Waals surface area (Å²) in [6, 6.07) is 1.98. The Morgan fingerprint density at radius 2 is 1.71 bits per heavy atom. The maximum Gasteiger partial charge on any atom is 0.419 e. The van der Waals surface area contributed by atoms with Crippen molar-refractivity contribution in [3.05, 3.63) is 65.0 Å². The van der Waals surface area contributed by atoms with E-state index < -0.39 is 28.9 Å². The van der Waals surface area contributed by atoms with E-state index in [2.05, 4.69) is 35.9 Å². The predicted molar refractivity (Wildman–Crippen MR) is 128 cm³/mol. The number of ether oxygens (including phenoxy) is 1. The average molecular weight is 533 g/mol. The smallest absolute Gasteiger partial charge is 0.373 e. The molecule has 1 aromatic carbocycles. The topological polar surface area (TPSA) is 78.6 Å². The average Bonchev–Trinajstić information content (AvgIpc) is 3.62. The SMILES string of the molecule is Cc1nc2ncnc(-c3ccc(C(F)(F)F)c(F)c3F)c2nc1C.c1nn(C2CC2)cc1C1CCCCO1. The molecule has 1 aliphatic carbocycles. The lowest BCUT2D eigenvalue weighted by atomic mass is 10.0. The van der Waals surface area contributed by atoms with Gasteiger partial charge in [0.2, 0.25) is 0 Å². The second-order valence-electron chi connectivity index (χ2n) is 9.42. The van der Waals surface area contributed by atoms with Gasteiger partial charge in [-0.05, 0) is 58.1 Å². The fraction of sp³-hybridized carbons (Fsp3) is 0.423. The summed E-state index contributed by atoms with van der Waals surface area (Å²) in [4.78, 5) is 16.1. The molecule has 0 N–H and O–H groups in total. The molecule has 0 radical (unpaired) electrons. The summed E-state index contributed by atoms with van der Waals surface area (Å²) >= 11 is 0. The molecule has 4 aromatic rings. The number of nitrogens with zero attached hydrogens (tertiary/aromatic N) is 6. The second kappa shape index (κ2) is 10.3. The number of fused-ring (bicyclic) bond motifs is 1. The summed E-state index contributed by atoms with van der Waals surface area (Å²) in [5.41, 5.74) is 0.363. The van der Waals surface area contributed by atoms with Crippen LogP contribution in [0, 0.1) is 25.5 Å². The molecule has 3 aromatic heterocycles. The molecule has 1 saturated carbocycles. The Kier molecular flexibility index (Phi) is 7.08. The van der Waals surface area contributed by atoms with E-state index in [1.807, 2.05) is 6.20 Å². The molecule has 6 rings (SSSR count). The van der Waals surface area contributed by atoms with Crippen LogP contribution in [0.2, 0.25) is 0 Å². The van der Waals surface area contributed by atoms with Crippen molar-refractivity contribution in [2.45, 2.75) is 64.3 Å². The van der Waals surface area contributed by atoms with Crippen LogP contribution in [0.5, 0.6) is 0 Å². The molecular formula is C26H25F5N6O. The number of hydrogen-bond donors (Lipinski definition) is 0. The van der Waals surface area contributed by atoms with Crippen LogP contribution in [-0.2, 0) is 10.9 Å². The van der Waals surface area contributed by atoms with Gasteiger partial charge in [0.25, 0.3) is 0 Å². The maximum absolute atomic E-state index is 14.2. The van der Waals surface area contributed by atoms with E-state index in [1.165, 1.54) is 31.2 Å². The van der Waals surface area contributed by atoms with Crippen molar-refractivity contribution in [3.63, 3.8) is 0 Å². The van der Waals surface area contributed by atoms with Gasteiger partial charge in [-0.15, -0.1) is 0 Å². The van der Waals surface area contributed by atoms with Crippen molar-refractivity contribution < 1.29 is 26.7 Å². The summed E-state index contributed by atoms with van der Waals surface area (Å²) in [7, 11) is 0. The molecule has 0 bridgehead atoms. The van der Waals surface area contributed by atoms with E-state index in [4.69, 9.17) is 4.74 Å². The Hall–Kier alpha value is -3.54. The Morgan fingerprint density at radius 3 is 2.39 bits per heavy atom. The zero-order valence-corrected chi connectivity index (χ0v) is 20.8. The predicted octanol–water partition coefficient (Wildman–Crippen LogP) is 6.46. The Balaban J connectivity index is 0.000000177. The van der Waals surface area contributed by atoms with Gasteiger partial charge in [-0.2, -0.15) is 18.3 Å². The third-order valence-corrected chi connectivity index (χ3v) is 6.62. The van der Waals surface area contributed by atoms with Gasteiger partial charge in [0.05, 0.1) is 35.3 Å². The number of aryl methyl sites for hydroxylation is 2. The van der Waals surface area contributed by atoms with Gasteiger partial charge in [-0.25, -0.2) is 28.7 Å². The van der Waals surface area contributed by atoms with Crippen LogP contribution < -0.4 is 0 Å².